The molecule has 1 aliphatic heterocycles. The predicted molar refractivity (Wildman–Crippen MR) is 43.7 cm³/mol. The minimum atomic E-state index is -0.454. The van der Waals surface area contributed by atoms with Crippen LogP contribution in [-0.4, -0.2) is 25.3 Å². The second-order valence-corrected chi connectivity index (χ2v) is 1.47. The van der Waals surface area contributed by atoms with E-state index in [1.54, 1.807) is 0 Å². The smallest absolute Gasteiger partial charge is 0.589 e. The van der Waals surface area contributed by atoms with Crippen molar-refractivity contribution in [2.45, 2.75) is 0 Å². The van der Waals surface area contributed by atoms with Gasteiger partial charge in [-0.3, -0.25) is 0 Å². The number of imide groups is 1. The standard InChI is InChI=1S/C4H3NO2.C2H4NO.CH3.Y/c6-3-1-2-4(7)5-3;1-3-2-4;;/h1-2H,(H,5,6,7);1H3,(H,3,4);1H3;/q;2*-1;+3/p-1. The van der Waals surface area contributed by atoms with Crippen molar-refractivity contribution < 1.29 is 47.1 Å². The molecule has 0 aromatic rings. The summed E-state index contributed by atoms with van der Waals surface area (Å²) >= 11 is 0. The molecule has 1 heterocycles. The van der Waals surface area contributed by atoms with E-state index in [0.717, 1.165) is 12.2 Å². The summed E-state index contributed by atoms with van der Waals surface area (Å²) in [6.07, 6.45) is 3.71. The average Bonchev–Trinajstić information content (AvgIpc) is 2.35. The zero-order valence-corrected chi connectivity index (χ0v) is 10.2. The first-order chi connectivity index (χ1) is 5.20. The Kier molecular flexibility index (Phi) is 16.1. The Hall–Kier alpha value is -0.546. The topological polar surface area (TPSA) is 77.3 Å². The monoisotopic (exact) mass is 258 g/mol. The number of hydrogen-bond donors (Lipinski definition) is 1. The van der Waals surface area contributed by atoms with Crippen LogP contribution in [0.4, 0.5) is 0 Å². The molecule has 68 valence electrons. The summed E-state index contributed by atoms with van der Waals surface area (Å²) in [5.41, 5.74) is 0. The summed E-state index contributed by atoms with van der Waals surface area (Å²) in [6.45, 7) is 0. The maximum atomic E-state index is 9.98. The number of carbonyl (C=O) groups excluding carboxylic acids is 3. The summed E-state index contributed by atoms with van der Waals surface area (Å²) in [5, 5.41) is 5.12. The second kappa shape index (κ2) is 11.5. The van der Waals surface area contributed by atoms with Crippen molar-refractivity contribution in [3.8, 4) is 0 Å². The van der Waals surface area contributed by atoms with E-state index < -0.39 is 11.8 Å². The predicted octanol–water partition coefficient (Wildman–Crippen LogP) is -0.296. The summed E-state index contributed by atoms with van der Waals surface area (Å²) in [4.78, 5) is 28.9. The number of carbonyl (C=O) groups is 2. The van der Waals surface area contributed by atoms with E-state index in [1.807, 2.05) is 0 Å². The molecule has 0 atom stereocenters. The quantitative estimate of drug-likeness (QED) is 0.398. The van der Waals surface area contributed by atoms with Gasteiger partial charge in [0.05, 0.1) is 11.8 Å². The van der Waals surface area contributed by atoms with Gasteiger partial charge in [-0.1, -0.05) is 0 Å². The molecule has 0 bridgehead atoms. The third-order valence-corrected chi connectivity index (χ3v) is 0.691. The summed E-state index contributed by atoms with van der Waals surface area (Å²) in [7, 11) is 1.51. The Morgan fingerprint density at radius 3 is 1.69 bits per heavy atom. The molecule has 3 amide bonds. The van der Waals surface area contributed by atoms with Gasteiger partial charge >= 0.3 is 32.7 Å². The molecule has 1 rings (SSSR count). The molecule has 0 aromatic carbocycles. The van der Waals surface area contributed by atoms with Crippen LogP contribution in [0.25, 0.3) is 5.32 Å². The van der Waals surface area contributed by atoms with Crippen LogP contribution in [0.1, 0.15) is 0 Å². The van der Waals surface area contributed by atoms with Gasteiger partial charge in [-0.15, -0.1) is 0 Å². The van der Waals surface area contributed by atoms with Gasteiger partial charge in [-0.25, -0.2) is 0 Å². The minimum absolute atomic E-state index is 0. The van der Waals surface area contributed by atoms with Gasteiger partial charge in [0.2, 0.25) is 0 Å². The molecule has 0 unspecified atom stereocenters. The van der Waals surface area contributed by atoms with Gasteiger partial charge in [0.1, 0.15) is 0 Å². The van der Waals surface area contributed by atoms with E-state index in [-0.39, 0.29) is 40.1 Å². The molecule has 13 heavy (non-hydrogen) atoms. The van der Waals surface area contributed by atoms with Gasteiger partial charge in [-0.05, 0) is 19.2 Å². The van der Waals surface area contributed by atoms with Gasteiger partial charge in [0, 0.05) is 0 Å². The third-order valence-electron chi connectivity index (χ3n) is 0.691. The van der Waals surface area contributed by atoms with Crippen molar-refractivity contribution in [3.63, 3.8) is 0 Å². The third kappa shape index (κ3) is 11.5. The Labute approximate surface area is 102 Å². The van der Waals surface area contributed by atoms with Gasteiger partial charge in [-0.2, -0.15) is 6.41 Å². The molecule has 0 saturated carbocycles. The van der Waals surface area contributed by atoms with Crippen molar-refractivity contribution >= 4 is 18.2 Å². The molecule has 0 saturated heterocycles. The fourth-order valence-electron chi connectivity index (χ4n) is 0.326. The normalized spacial score (nSPS) is 11.2. The first-order valence-electron chi connectivity index (χ1n) is 2.72. The van der Waals surface area contributed by atoms with E-state index in [2.05, 4.69) is 10.6 Å². The largest absolute Gasteiger partial charge is 3.00 e. The number of nitrogens with one attached hydrogen (secondary N) is 1. The molecule has 6 heteroatoms. The van der Waals surface area contributed by atoms with Crippen LogP contribution in [0.2, 0.25) is 0 Å². The Morgan fingerprint density at radius 1 is 1.31 bits per heavy atom. The average molecular weight is 258 g/mol. The Balaban J connectivity index is -0.000000150. The Morgan fingerprint density at radius 2 is 1.62 bits per heavy atom. The fourth-order valence-corrected chi connectivity index (χ4v) is 0.326. The molecule has 1 aliphatic rings. The molecule has 0 radical (unpaired) electrons. The number of hydrogen-bond acceptors (Lipinski definition) is 3. The van der Waals surface area contributed by atoms with Crippen molar-refractivity contribution in [2.24, 2.45) is 0 Å². The number of nitrogens with zero attached hydrogens (tertiary/aromatic N) is 1. The van der Waals surface area contributed by atoms with E-state index in [1.165, 1.54) is 13.5 Å². The number of amides is 3. The molecule has 0 spiro atoms. The summed E-state index contributed by atoms with van der Waals surface area (Å²) in [6, 6.07) is 0. The summed E-state index contributed by atoms with van der Waals surface area (Å²) in [5.74, 6) is -0.907. The minimum Gasteiger partial charge on any atom is -0.589 e. The van der Waals surface area contributed by atoms with Crippen LogP contribution >= 0.6 is 0 Å². The van der Waals surface area contributed by atoms with E-state index >= 15 is 0 Å². The van der Waals surface area contributed by atoms with Crippen LogP contribution in [0, 0.1) is 7.43 Å². The molecule has 1 N–H and O–H groups in total. The SMILES string of the molecule is CN[C-]=O.O=C1C=CC(=O)[N-]1.[CH3-].[Y+3]. The van der Waals surface area contributed by atoms with Crippen LogP contribution in [0.3, 0.4) is 0 Å². The van der Waals surface area contributed by atoms with Crippen LogP contribution < -0.4 is 5.32 Å². The molecular formula is C7H9N2O3Y. The van der Waals surface area contributed by atoms with Crippen LogP contribution in [-0.2, 0) is 47.1 Å². The molecular weight excluding hydrogens is 249 g/mol. The second-order valence-electron chi connectivity index (χ2n) is 1.47. The first kappa shape index (κ1) is 18.3. The van der Waals surface area contributed by atoms with Crippen molar-refractivity contribution in [2.75, 3.05) is 7.05 Å². The fraction of sp³-hybridized carbons (Fsp3) is 0.143. The van der Waals surface area contributed by atoms with E-state index in [9.17, 15) is 9.59 Å². The van der Waals surface area contributed by atoms with Gasteiger partial charge < -0.3 is 32.4 Å². The van der Waals surface area contributed by atoms with Gasteiger partial charge in [0.25, 0.3) is 0 Å². The van der Waals surface area contributed by atoms with Gasteiger partial charge in [0.15, 0.2) is 0 Å². The zero-order valence-electron chi connectivity index (χ0n) is 7.40. The molecule has 0 aliphatic carbocycles. The van der Waals surface area contributed by atoms with Crippen molar-refractivity contribution in [3.05, 3.63) is 24.9 Å². The van der Waals surface area contributed by atoms with Crippen molar-refractivity contribution in [1.29, 1.82) is 0 Å². The van der Waals surface area contributed by atoms with E-state index in [4.69, 9.17) is 4.79 Å². The molecule has 5 nitrogen and oxygen atoms in total. The maximum Gasteiger partial charge on any atom is 3.00 e. The maximum absolute atomic E-state index is 9.98. The van der Waals surface area contributed by atoms with E-state index in [0.29, 0.717) is 0 Å². The molecule has 0 aromatic heterocycles. The van der Waals surface area contributed by atoms with Crippen LogP contribution in [0.5, 0.6) is 0 Å². The number of rotatable bonds is 1. The van der Waals surface area contributed by atoms with Crippen LogP contribution in [0.15, 0.2) is 12.2 Å². The zero-order chi connectivity index (χ0) is 8.69. The summed E-state index contributed by atoms with van der Waals surface area (Å²) < 4.78 is 0. The van der Waals surface area contributed by atoms with Crippen molar-refractivity contribution in [1.82, 2.24) is 5.32 Å². The Bertz CT molecular complexity index is 188. The first-order valence-corrected chi connectivity index (χ1v) is 2.72. The molecule has 0 fully saturated rings.